The van der Waals surface area contributed by atoms with Crippen LogP contribution in [0.15, 0.2) is 30.9 Å². The summed E-state index contributed by atoms with van der Waals surface area (Å²) in [6.07, 6.45) is 7.32. The molecule has 8 nitrogen and oxygen atoms in total. The molecule has 134 valence electrons. The predicted molar refractivity (Wildman–Crippen MR) is 95.3 cm³/mol. The van der Waals surface area contributed by atoms with Crippen LogP contribution in [0.1, 0.15) is 12.5 Å². The fourth-order valence-corrected chi connectivity index (χ4v) is 2.93. The van der Waals surface area contributed by atoms with Gasteiger partial charge in [0.15, 0.2) is 0 Å². The van der Waals surface area contributed by atoms with Crippen LogP contribution in [0.3, 0.4) is 0 Å². The highest BCUT2D eigenvalue weighted by molar-refractivity contribution is 5.81. The van der Waals surface area contributed by atoms with Crippen molar-refractivity contribution in [1.29, 1.82) is 0 Å². The van der Waals surface area contributed by atoms with Crippen molar-refractivity contribution in [3.05, 3.63) is 36.4 Å². The summed E-state index contributed by atoms with van der Waals surface area (Å²) in [4.78, 5) is 25.1. The molecular weight excluding hydrogens is 318 g/mol. The molecule has 0 saturated carbocycles. The lowest BCUT2D eigenvalue weighted by Gasteiger charge is -2.36. The third-order valence-electron chi connectivity index (χ3n) is 4.35. The van der Waals surface area contributed by atoms with E-state index in [4.69, 9.17) is 0 Å². The van der Waals surface area contributed by atoms with E-state index in [1.54, 1.807) is 18.5 Å². The Labute approximate surface area is 147 Å². The number of aromatic nitrogens is 4. The quantitative estimate of drug-likeness (QED) is 0.813. The van der Waals surface area contributed by atoms with E-state index in [1.807, 2.05) is 35.8 Å². The van der Waals surface area contributed by atoms with Gasteiger partial charge >= 0.3 is 0 Å². The Morgan fingerprint density at radius 2 is 1.96 bits per heavy atom. The molecular formula is C17H25N7O. The van der Waals surface area contributed by atoms with Gasteiger partial charge in [-0.25, -0.2) is 9.97 Å². The lowest BCUT2D eigenvalue weighted by Crippen LogP contribution is -2.54. The Morgan fingerprint density at radius 3 is 2.60 bits per heavy atom. The van der Waals surface area contributed by atoms with E-state index < -0.39 is 0 Å². The van der Waals surface area contributed by atoms with Crippen LogP contribution in [0.25, 0.3) is 0 Å². The normalized spacial score (nSPS) is 16.1. The van der Waals surface area contributed by atoms with Gasteiger partial charge in [0.2, 0.25) is 11.9 Å². The zero-order valence-corrected chi connectivity index (χ0v) is 14.8. The van der Waals surface area contributed by atoms with E-state index in [-0.39, 0.29) is 11.9 Å². The standard InChI is InChI=1S/C17H25N7O/c1-14-12-21-24(13-14)7-6-18-15(2)16(25)22-8-10-23(11-9-22)17-19-4-3-5-20-17/h3-5,12-13,15,18H,6-11H2,1-2H3/t15-/m1/s1. The Balaban J connectivity index is 1.42. The van der Waals surface area contributed by atoms with Gasteiger partial charge in [0.25, 0.3) is 0 Å². The summed E-state index contributed by atoms with van der Waals surface area (Å²) in [6, 6.07) is 1.61. The summed E-state index contributed by atoms with van der Waals surface area (Å²) in [6.45, 7) is 8.32. The molecule has 0 radical (unpaired) electrons. The number of aryl methyl sites for hydroxylation is 1. The van der Waals surface area contributed by atoms with Gasteiger partial charge in [0, 0.05) is 51.3 Å². The first-order valence-electron chi connectivity index (χ1n) is 8.66. The average Bonchev–Trinajstić information content (AvgIpc) is 3.07. The second-order valence-electron chi connectivity index (χ2n) is 6.32. The summed E-state index contributed by atoms with van der Waals surface area (Å²) >= 11 is 0. The number of carbonyl (C=O) groups excluding carboxylic acids is 1. The third-order valence-corrected chi connectivity index (χ3v) is 4.35. The van der Waals surface area contributed by atoms with Gasteiger partial charge in [-0.1, -0.05) is 0 Å². The fraction of sp³-hybridized carbons (Fsp3) is 0.529. The minimum absolute atomic E-state index is 0.144. The van der Waals surface area contributed by atoms with Crippen LogP contribution >= 0.6 is 0 Å². The van der Waals surface area contributed by atoms with E-state index in [2.05, 4.69) is 25.3 Å². The van der Waals surface area contributed by atoms with Gasteiger partial charge in [0.1, 0.15) is 0 Å². The zero-order chi connectivity index (χ0) is 17.6. The second kappa shape index (κ2) is 8.06. The lowest BCUT2D eigenvalue weighted by molar-refractivity contribution is -0.133. The number of nitrogens with zero attached hydrogens (tertiary/aromatic N) is 6. The van der Waals surface area contributed by atoms with Gasteiger partial charge in [0.05, 0.1) is 18.8 Å². The Bertz CT molecular complexity index is 679. The molecule has 1 fully saturated rings. The van der Waals surface area contributed by atoms with Crippen molar-refractivity contribution in [3.8, 4) is 0 Å². The second-order valence-corrected chi connectivity index (χ2v) is 6.32. The van der Waals surface area contributed by atoms with Crippen LogP contribution in [-0.4, -0.2) is 69.3 Å². The van der Waals surface area contributed by atoms with E-state index in [0.717, 1.165) is 31.1 Å². The van der Waals surface area contributed by atoms with Crippen LogP contribution in [-0.2, 0) is 11.3 Å². The molecule has 1 N–H and O–H groups in total. The summed E-state index contributed by atoms with van der Waals surface area (Å²) in [5.41, 5.74) is 1.14. The molecule has 1 aliphatic heterocycles. The number of hydrogen-bond acceptors (Lipinski definition) is 6. The third kappa shape index (κ3) is 4.54. The topological polar surface area (TPSA) is 79.2 Å². The number of piperazine rings is 1. The number of carbonyl (C=O) groups is 1. The predicted octanol–water partition coefficient (Wildman–Crippen LogP) is 0.308. The summed E-state index contributed by atoms with van der Waals surface area (Å²) in [5, 5.41) is 7.54. The molecule has 1 amide bonds. The molecule has 3 heterocycles. The van der Waals surface area contributed by atoms with E-state index >= 15 is 0 Å². The molecule has 0 aromatic carbocycles. The average molecular weight is 343 g/mol. The molecule has 2 aromatic rings. The number of amides is 1. The minimum atomic E-state index is -0.198. The van der Waals surface area contributed by atoms with Crippen molar-refractivity contribution in [2.24, 2.45) is 0 Å². The maximum Gasteiger partial charge on any atom is 0.239 e. The summed E-state index contributed by atoms with van der Waals surface area (Å²) in [5.74, 6) is 0.876. The molecule has 3 rings (SSSR count). The highest BCUT2D eigenvalue weighted by Crippen LogP contribution is 2.10. The zero-order valence-electron chi connectivity index (χ0n) is 14.8. The molecule has 1 saturated heterocycles. The number of nitrogens with one attached hydrogen (secondary N) is 1. The van der Waals surface area contributed by atoms with Crippen LogP contribution in [0, 0.1) is 6.92 Å². The Morgan fingerprint density at radius 1 is 1.24 bits per heavy atom. The summed E-state index contributed by atoms with van der Waals surface area (Å²) < 4.78 is 1.89. The fourth-order valence-electron chi connectivity index (χ4n) is 2.93. The van der Waals surface area contributed by atoms with Crippen LogP contribution in [0.5, 0.6) is 0 Å². The SMILES string of the molecule is Cc1cnn(CCN[C@H](C)C(=O)N2CCN(c3ncccn3)CC2)c1. The smallest absolute Gasteiger partial charge is 0.239 e. The first kappa shape index (κ1) is 17.3. The molecule has 0 spiro atoms. The lowest BCUT2D eigenvalue weighted by atomic mass is 10.2. The van der Waals surface area contributed by atoms with Crippen molar-refractivity contribution >= 4 is 11.9 Å². The molecule has 8 heteroatoms. The highest BCUT2D eigenvalue weighted by Gasteiger charge is 2.25. The van der Waals surface area contributed by atoms with Crippen LogP contribution in [0.2, 0.25) is 0 Å². The number of anilines is 1. The van der Waals surface area contributed by atoms with Crippen molar-refractivity contribution in [2.75, 3.05) is 37.6 Å². The number of hydrogen-bond donors (Lipinski definition) is 1. The first-order valence-corrected chi connectivity index (χ1v) is 8.66. The molecule has 25 heavy (non-hydrogen) atoms. The maximum atomic E-state index is 12.6. The van der Waals surface area contributed by atoms with Gasteiger partial charge in [-0.05, 0) is 25.5 Å². The monoisotopic (exact) mass is 343 g/mol. The minimum Gasteiger partial charge on any atom is -0.338 e. The number of rotatable bonds is 6. The van der Waals surface area contributed by atoms with Crippen LogP contribution in [0.4, 0.5) is 5.95 Å². The van der Waals surface area contributed by atoms with Crippen molar-refractivity contribution in [1.82, 2.24) is 30.0 Å². The first-order chi connectivity index (χ1) is 12.1. The van der Waals surface area contributed by atoms with Gasteiger partial charge in [-0.15, -0.1) is 0 Å². The molecule has 0 aliphatic carbocycles. The van der Waals surface area contributed by atoms with Gasteiger partial charge < -0.3 is 15.1 Å². The van der Waals surface area contributed by atoms with E-state index in [0.29, 0.717) is 19.6 Å². The summed E-state index contributed by atoms with van der Waals surface area (Å²) in [7, 11) is 0. The van der Waals surface area contributed by atoms with Gasteiger partial charge in [-0.3, -0.25) is 9.48 Å². The molecule has 0 unspecified atom stereocenters. The van der Waals surface area contributed by atoms with Crippen molar-refractivity contribution in [3.63, 3.8) is 0 Å². The van der Waals surface area contributed by atoms with E-state index in [9.17, 15) is 4.79 Å². The maximum absolute atomic E-state index is 12.6. The highest BCUT2D eigenvalue weighted by atomic mass is 16.2. The molecule has 1 atom stereocenters. The Kier molecular flexibility index (Phi) is 5.60. The van der Waals surface area contributed by atoms with Crippen molar-refractivity contribution < 1.29 is 4.79 Å². The van der Waals surface area contributed by atoms with Crippen molar-refractivity contribution in [2.45, 2.75) is 26.4 Å². The van der Waals surface area contributed by atoms with Gasteiger partial charge in [-0.2, -0.15) is 5.10 Å². The molecule has 2 aromatic heterocycles. The van der Waals surface area contributed by atoms with E-state index in [1.165, 1.54) is 0 Å². The molecule has 1 aliphatic rings. The van der Waals surface area contributed by atoms with Crippen LogP contribution < -0.4 is 10.2 Å². The Hall–Kier alpha value is -2.48. The largest absolute Gasteiger partial charge is 0.338 e. The molecule has 0 bridgehead atoms.